The average Bonchev–Trinajstić information content (AvgIpc) is 2.47. The highest BCUT2D eigenvalue weighted by atomic mass is 16.5. The summed E-state index contributed by atoms with van der Waals surface area (Å²) in [6.45, 7) is 5.93. The summed E-state index contributed by atoms with van der Waals surface area (Å²) in [6.07, 6.45) is 0.873. The lowest BCUT2D eigenvalue weighted by molar-refractivity contribution is -0.127. The Morgan fingerprint density at radius 1 is 1.19 bits per heavy atom. The van der Waals surface area contributed by atoms with E-state index in [1.54, 1.807) is 7.11 Å². The molecule has 0 fully saturated rings. The van der Waals surface area contributed by atoms with Crippen molar-refractivity contribution in [1.29, 1.82) is 0 Å². The highest BCUT2D eigenvalue weighted by Gasteiger charge is 2.34. The van der Waals surface area contributed by atoms with Crippen LogP contribution in [0.15, 0.2) is 36.4 Å². The van der Waals surface area contributed by atoms with E-state index in [-0.39, 0.29) is 11.8 Å². The topological polar surface area (TPSA) is 52.3 Å². The van der Waals surface area contributed by atoms with E-state index in [2.05, 4.69) is 25.1 Å². The molecule has 0 heterocycles. The van der Waals surface area contributed by atoms with Gasteiger partial charge in [0.2, 0.25) is 5.91 Å². The Bertz CT molecular complexity index is 661. The Morgan fingerprint density at radius 3 is 2.38 bits per heavy atom. The minimum absolute atomic E-state index is 0.113. The molecule has 0 unspecified atom stereocenters. The first-order valence-corrected chi connectivity index (χ1v) is 7.27. The maximum atomic E-state index is 11.7. The number of rotatable bonds is 5. The predicted molar refractivity (Wildman–Crippen MR) is 86.5 cm³/mol. The molecule has 1 amide bonds. The van der Waals surface area contributed by atoms with Crippen LogP contribution in [-0.2, 0) is 4.79 Å². The molecule has 2 aromatic rings. The third kappa shape index (κ3) is 2.87. The average molecular weight is 285 g/mol. The fourth-order valence-corrected chi connectivity index (χ4v) is 2.92. The summed E-state index contributed by atoms with van der Waals surface area (Å²) in [5.74, 6) is 0.699. The summed E-state index contributed by atoms with van der Waals surface area (Å²) in [5, 5.41) is 2.27. The molecular formula is C18H23NO2. The molecule has 0 saturated carbocycles. The van der Waals surface area contributed by atoms with E-state index < -0.39 is 5.41 Å². The van der Waals surface area contributed by atoms with Crippen LogP contribution < -0.4 is 10.5 Å². The van der Waals surface area contributed by atoms with Gasteiger partial charge in [-0.3, -0.25) is 4.79 Å². The van der Waals surface area contributed by atoms with Crippen molar-refractivity contribution in [3.8, 4) is 5.75 Å². The third-order valence-electron chi connectivity index (χ3n) is 4.39. The van der Waals surface area contributed by atoms with Crippen molar-refractivity contribution in [1.82, 2.24) is 0 Å². The van der Waals surface area contributed by atoms with Crippen molar-refractivity contribution in [2.45, 2.75) is 33.1 Å². The fourth-order valence-electron chi connectivity index (χ4n) is 2.92. The van der Waals surface area contributed by atoms with Crippen LogP contribution in [0.2, 0.25) is 0 Å². The molecule has 0 aromatic heterocycles. The quantitative estimate of drug-likeness (QED) is 0.907. The van der Waals surface area contributed by atoms with E-state index in [1.165, 1.54) is 0 Å². The first-order valence-electron chi connectivity index (χ1n) is 7.27. The van der Waals surface area contributed by atoms with Gasteiger partial charge >= 0.3 is 0 Å². The van der Waals surface area contributed by atoms with Crippen LogP contribution in [0.3, 0.4) is 0 Å². The largest absolute Gasteiger partial charge is 0.497 e. The van der Waals surface area contributed by atoms with Gasteiger partial charge in [-0.25, -0.2) is 0 Å². The Morgan fingerprint density at radius 2 is 1.81 bits per heavy atom. The SMILES string of the molecule is CC[C@@H](c1ccc2cc(OC)ccc2c1)C(C)(C)C(N)=O. The molecule has 21 heavy (non-hydrogen) atoms. The van der Waals surface area contributed by atoms with Crippen LogP contribution in [0, 0.1) is 5.41 Å². The summed E-state index contributed by atoms with van der Waals surface area (Å²) in [4.78, 5) is 11.7. The van der Waals surface area contributed by atoms with Gasteiger partial charge in [0.15, 0.2) is 0 Å². The predicted octanol–water partition coefficient (Wildman–Crippen LogP) is 3.85. The van der Waals surface area contributed by atoms with Crippen LogP contribution in [-0.4, -0.2) is 13.0 Å². The molecule has 112 valence electrons. The molecule has 3 heteroatoms. The lowest BCUT2D eigenvalue weighted by Crippen LogP contribution is -2.36. The number of hydrogen-bond donors (Lipinski definition) is 1. The van der Waals surface area contributed by atoms with Crippen LogP contribution in [0.1, 0.15) is 38.7 Å². The smallest absolute Gasteiger partial charge is 0.223 e. The zero-order valence-corrected chi connectivity index (χ0v) is 13.1. The van der Waals surface area contributed by atoms with E-state index in [4.69, 9.17) is 10.5 Å². The highest BCUT2D eigenvalue weighted by molar-refractivity contribution is 5.85. The van der Waals surface area contributed by atoms with Crippen molar-refractivity contribution >= 4 is 16.7 Å². The second kappa shape index (κ2) is 5.76. The first kappa shape index (κ1) is 15.4. The van der Waals surface area contributed by atoms with Gasteiger partial charge < -0.3 is 10.5 Å². The van der Waals surface area contributed by atoms with Crippen molar-refractivity contribution in [2.75, 3.05) is 7.11 Å². The Hall–Kier alpha value is -2.03. The molecule has 0 aliphatic carbocycles. The van der Waals surface area contributed by atoms with Crippen molar-refractivity contribution in [3.05, 3.63) is 42.0 Å². The summed E-state index contributed by atoms with van der Waals surface area (Å²) in [7, 11) is 1.66. The molecule has 0 aliphatic heterocycles. The summed E-state index contributed by atoms with van der Waals surface area (Å²) in [6, 6.07) is 12.3. The molecule has 2 rings (SSSR count). The van der Waals surface area contributed by atoms with Gasteiger partial charge in [-0.15, -0.1) is 0 Å². The number of primary amides is 1. The third-order valence-corrected chi connectivity index (χ3v) is 4.39. The van der Waals surface area contributed by atoms with E-state index in [0.717, 1.165) is 28.5 Å². The minimum atomic E-state index is -0.561. The Balaban J connectivity index is 2.48. The molecule has 0 spiro atoms. The number of amides is 1. The van der Waals surface area contributed by atoms with Gasteiger partial charge in [0.1, 0.15) is 5.75 Å². The number of methoxy groups -OCH3 is 1. The van der Waals surface area contributed by atoms with Crippen LogP contribution in [0.4, 0.5) is 0 Å². The number of carbonyl (C=O) groups is 1. The van der Waals surface area contributed by atoms with Gasteiger partial charge in [-0.2, -0.15) is 0 Å². The van der Waals surface area contributed by atoms with Gasteiger partial charge in [0.25, 0.3) is 0 Å². The van der Waals surface area contributed by atoms with Crippen LogP contribution in [0.5, 0.6) is 5.75 Å². The molecule has 0 saturated heterocycles. The van der Waals surface area contributed by atoms with Gasteiger partial charge in [-0.05, 0) is 40.8 Å². The summed E-state index contributed by atoms with van der Waals surface area (Å²) >= 11 is 0. The van der Waals surface area contributed by atoms with Crippen molar-refractivity contribution in [2.24, 2.45) is 11.1 Å². The zero-order chi connectivity index (χ0) is 15.6. The van der Waals surface area contributed by atoms with Gasteiger partial charge in [-0.1, -0.05) is 45.0 Å². The van der Waals surface area contributed by atoms with Crippen LogP contribution >= 0.6 is 0 Å². The second-order valence-corrected chi connectivity index (χ2v) is 6.02. The van der Waals surface area contributed by atoms with E-state index in [9.17, 15) is 4.79 Å². The highest BCUT2D eigenvalue weighted by Crippen LogP contribution is 2.39. The number of carbonyl (C=O) groups excluding carboxylic acids is 1. The minimum Gasteiger partial charge on any atom is -0.497 e. The van der Waals surface area contributed by atoms with Gasteiger partial charge in [0.05, 0.1) is 12.5 Å². The van der Waals surface area contributed by atoms with E-state index in [0.29, 0.717) is 0 Å². The number of ether oxygens (including phenoxy) is 1. The molecule has 2 N–H and O–H groups in total. The fraction of sp³-hybridized carbons (Fsp3) is 0.389. The standard InChI is InChI=1S/C18H23NO2/c1-5-16(18(2,3)17(19)20)14-7-6-13-11-15(21-4)9-8-12(13)10-14/h6-11,16H,5H2,1-4H3,(H2,19,20)/t16-/m0/s1. The number of nitrogens with two attached hydrogens (primary N) is 1. The number of benzene rings is 2. The maximum Gasteiger partial charge on any atom is 0.223 e. The van der Waals surface area contributed by atoms with Crippen molar-refractivity contribution < 1.29 is 9.53 Å². The molecule has 3 nitrogen and oxygen atoms in total. The summed E-state index contributed by atoms with van der Waals surface area (Å²) in [5.41, 5.74) is 6.17. The zero-order valence-electron chi connectivity index (χ0n) is 13.1. The number of hydrogen-bond acceptors (Lipinski definition) is 2. The molecule has 1 atom stereocenters. The lowest BCUT2D eigenvalue weighted by Gasteiger charge is -2.31. The van der Waals surface area contributed by atoms with Crippen LogP contribution in [0.25, 0.3) is 10.8 Å². The summed E-state index contributed by atoms with van der Waals surface area (Å²) < 4.78 is 5.25. The number of fused-ring (bicyclic) bond motifs is 1. The first-order chi connectivity index (χ1) is 9.90. The van der Waals surface area contributed by atoms with Crippen molar-refractivity contribution in [3.63, 3.8) is 0 Å². The van der Waals surface area contributed by atoms with Gasteiger partial charge in [0, 0.05) is 0 Å². The molecular weight excluding hydrogens is 262 g/mol. The molecule has 2 aromatic carbocycles. The van der Waals surface area contributed by atoms with E-state index >= 15 is 0 Å². The lowest BCUT2D eigenvalue weighted by atomic mass is 9.72. The van der Waals surface area contributed by atoms with E-state index in [1.807, 2.05) is 32.0 Å². The Kier molecular flexibility index (Phi) is 4.21. The Labute approximate surface area is 126 Å². The normalized spacial score (nSPS) is 13.1. The molecule has 0 aliphatic rings. The molecule has 0 radical (unpaired) electrons. The molecule has 0 bridgehead atoms. The second-order valence-electron chi connectivity index (χ2n) is 6.02. The monoisotopic (exact) mass is 285 g/mol. The maximum absolute atomic E-state index is 11.7.